The summed E-state index contributed by atoms with van der Waals surface area (Å²) in [7, 11) is -4.50. The molecular weight excluding hydrogens is 228 g/mol. The Balaban J connectivity index is 4.14. The Hall–Kier alpha value is -0.270. The number of alkyl halides is 2. The Bertz CT molecular complexity index is 278. The monoisotopic (exact) mass is 245 g/mol. The highest BCUT2D eigenvalue weighted by atomic mass is 32.2. The average molecular weight is 245 g/mol. The summed E-state index contributed by atoms with van der Waals surface area (Å²) >= 11 is 0. The van der Waals surface area contributed by atoms with E-state index in [1.165, 1.54) is 0 Å². The third-order valence-corrected chi connectivity index (χ3v) is 3.01. The van der Waals surface area contributed by atoms with Gasteiger partial charge >= 0.3 is 5.76 Å². The normalized spacial score (nSPS) is 13.5. The first-order valence-corrected chi connectivity index (χ1v) is 6.13. The zero-order valence-corrected chi connectivity index (χ0v) is 9.65. The molecule has 0 bridgehead atoms. The van der Waals surface area contributed by atoms with Crippen LogP contribution in [-0.2, 0) is 10.0 Å². The number of rotatable bonds is 7. The molecule has 92 valence electrons. The third-order valence-electron chi connectivity index (χ3n) is 2.00. The lowest BCUT2D eigenvalue weighted by Gasteiger charge is -2.24. The highest BCUT2D eigenvalue weighted by Crippen LogP contribution is 2.21. The highest BCUT2D eigenvalue weighted by molar-refractivity contribution is 7.89. The van der Waals surface area contributed by atoms with Gasteiger partial charge in [-0.25, -0.2) is 13.1 Å². The zero-order chi connectivity index (χ0) is 12.1. The predicted molar refractivity (Wildman–Crippen MR) is 53.0 cm³/mol. The van der Waals surface area contributed by atoms with Crippen LogP contribution in [-0.4, -0.2) is 32.4 Å². The summed E-state index contributed by atoms with van der Waals surface area (Å²) in [5.74, 6) is -3.40. The van der Waals surface area contributed by atoms with Crippen LogP contribution in [0.15, 0.2) is 0 Å². The van der Waals surface area contributed by atoms with Crippen LogP contribution in [0.25, 0.3) is 0 Å². The molecule has 0 unspecified atom stereocenters. The molecule has 15 heavy (non-hydrogen) atoms. The Morgan fingerprint density at radius 2 is 1.93 bits per heavy atom. The molecule has 0 atom stereocenters. The van der Waals surface area contributed by atoms with Crippen molar-refractivity contribution >= 4 is 10.0 Å². The van der Waals surface area contributed by atoms with Crippen molar-refractivity contribution in [1.29, 1.82) is 0 Å². The first kappa shape index (κ1) is 14.7. The predicted octanol–water partition coefficient (Wildman–Crippen LogP) is 0.927. The second kappa shape index (κ2) is 5.72. The van der Waals surface area contributed by atoms with E-state index in [2.05, 4.69) is 0 Å². The van der Waals surface area contributed by atoms with Crippen LogP contribution in [0, 0.1) is 5.41 Å². The molecule has 2 N–H and O–H groups in total. The summed E-state index contributed by atoms with van der Waals surface area (Å²) in [6.45, 7) is 3.44. The molecule has 0 spiro atoms. The highest BCUT2D eigenvalue weighted by Gasteiger charge is 2.27. The molecule has 0 aliphatic rings. The maximum Gasteiger partial charge on any atom is 0.350 e. The molecular formula is C8H17F2NO3S. The van der Waals surface area contributed by atoms with Gasteiger partial charge in [0.05, 0.1) is 0 Å². The lowest BCUT2D eigenvalue weighted by Crippen LogP contribution is -2.37. The quantitative estimate of drug-likeness (QED) is 0.701. The van der Waals surface area contributed by atoms with Crippen molar-refractivity contribution in [2.45, 2.75) is 32.4 Å². The van der Waals surface area contributed by atoms with Crippen LogP contribution in [0.1, 0.15) is 26.7 Å². The van der Waals surface area contributed by atoms with Crippen LogP contribution in [0.2, 0.25) is 0 Å². The first-order chi connectivity index (χ1) is 6.71. The molecule has 7 heteroatoms. The number of hydrogen-bond acceptors (Lipinski definition) is 3. The Morgan fingerprint density at radius 1 is 1.40 bits per heavy atom. The fraction of sp³-hybridized carbons (Fsp3) is 1.00. The van der Waals surface area contributed by atoms with E-state index >= 15 is 0 Å². The minimum Gasteiger partial charge on any atom is -0.396 e. The average Bonchev–Trinajstić information content (AvgIpc) is 2.12. The standard InChI is InChI=1S/C8H17F2NO3S/c1-8(2,4-3-5-12)6-11-15(13,14)7(9)10/h7,11-12H,3-6H2,1-2H3. The zero-order valence-electron chi connectivity index (χ0n) is 8.83. The fourth-order valence-electron chi connectivity index (χ4n) is 1.00. The fourth-order valence-corrected chi connectivity index (χ4v) is 1.72. The second-order valence-corrected chi connectivity index (χ2v) is 5.85. The number of sulfonamides is 1. The van der Waals surface area contributed by atoms with Crippen LogP contribution < -0.4 is 4.72 Å². The summed E-state index contributed by atoms with van der Waals surface area (Å²) < 4.78 is 47.2. The van der Waals surface area contributed by atoms with Crippen LogP contribution in [0.3, 0.4) is 0 Å². The van der Waals surface area contributed by atoms with E-state index in [9.17, 15) is 17.2 Å². The Labute approximate surface area is 88.7 Å². The maximum absolute atomic E-state index is 11.9. The van der Waals surface area contributed by atoms with Gasteiger partial charge in [-0.05, 0) is 18.3 Å². The van der Waals surface area contributed by atoms with Gasteiger partial charge in [0.2, 0.25) is 0 Å². The van der Waals surface area contributed by atoms with Gasteiger partial charge in [0.1, 0.15) is 0 Å². The van der Waals surface area contributed by atoms with Gasteiger partial charge in [-0.3, -0.25) is 0 Å². The van der Waals surface area contributed by atoms with E-state index in [0.29, 0.717) is 12.8 Å². The van der Waals surface area contributed by atoms with Crippen molar-refractivity contribution < 1.29 is 22.3 Å². The van der Waals surface area contributed by atoms with Gasteiger partial charge in [-0.1, -0.05) is 13.8 Å². The summed E-state index contributed by atoms with van der Waals surface area (Å²) in [6.07, 6.45) is 1.08. The van der Waals surface area contributed by atoms with Gasteiger partial charge in [0.25, 0.3) is 10.0 Å². The van der Waals surface area contributed by atoms with E-state index < -0.39 is 21.2 Å². The van der Waals surface area contributed by atoms with Crippen molar-refractivity contribution in [3.8, 4) is 0 Å². The number of aliphatic hydroxyl groups excluding tert-OH is 1. The van der Waals surface area contributed by atoms with Gasteiger partial charge in [-0.15, -0.1) is 0 Å². The molecule has 0 fully saturated rings. The molecule has 0 aromatic carbocycles. The van der Waals surface area contributed by atoms with Crippen molar-refractivity contribution in [2.24, 2.45) is 5.41 Å². The maximum atomic E-state index is 11.9. The van der Waals surface area contributed by atoms with E-state index in [-0.39, 0.29) is 13.2 Å². The molecule has 0 radical (unpaired) electrons. The van der Waals surface area contributed by atoms with Crippen LogP contribution in [0.4, 0.5) is 8.78 Å². The van der Waals surface area contributed by atoms with Gasteiger partial charge in [0.15, 0.2) is 0 Å². The van der Waals surface area contributed by atoms with Crippen molar-refractivity contribution in [3.05, 3.63) is 0 Å². The number of nitrogens with one attached hydrogen (secondary N) is 1. The first-order valence-electron chi connectivity index (χ1n) is 4.59. The van der Waals surface area contributed by atoms with Crippen LogP contribution in [0.5, 0.6) is 0 Å². The molecule has 4 nitrogen and oxygen atoms in total. The molecule has 0 rings (SSSR count). The summed E-state index contributed by atoms with van der Waals surface area (Å²) in [6, 6.07) is 0. The lowest BCUT2D eigenvalue weighted by molar-refractivity contribution is 0.225. The largest absolute Gasteiger partial charge is 0.396 e. The molecule has 0 heterocycles. The Kier molecular flexibility index (Phi) is 5.61. The molecule has 0 saturated carbocycles. The number of aliphatic hydroxyl groups is 1. The number of halogens is 2. The van der Waals surface area contributed by atoms with Crippen molar-refractivity contribution in [3.63, 3.8) is 0 Å². The smallest absolute Gasteiger partial charge is 0.350 e. The minimum atomic E-state index is -4.50. The molecule has 0 aliphatic carbocycles. The minimum absolute atomic E-state index is 0.00499. The molecule has 0 aromatic rings. The summed E-state index contributed by atoms with van der Waals surface area (Å²) in [5.41, 5.74) is -0.440. The van der Waals surface area contributed by atoms with E-state index in [1.807, 2.05) is 4.72 Å². The van der Waals surface area contributed by atoms with Gasteiger partial charge < -0.3 is 5.11 Å². The second-order valence-electron chi connectivity index (χ2n) is 4.12. The summed E-state index contributed by atoms with van der Waals surface area (Å²) in [4.78, 5) is 0. The summed E-state index contributed by atoms with van der Waals surface area (Å²) in [5, 5.41) is 8.59. The van der Waals surface area contributed by atoms with Crippen molar-refractivity contribution in [2.75, 3.05) is 13.2 Å². The molecule has 0 aliphatic heterocycles. The van der Waals surface area contributed by atoms with Gasteiger partial charge in [-0.2, -0.15) is 8.78 Å². The van der Waals surface area contributed by atoms with E-state index in [4.69, 9.17) is 5.11 Å². The Morgan fingerprint density at radius 3 is 2.33 bits per heavy atom. The van der Waals surface area contributed by atoms with Gasteiger partial charge in [0, 0.05) is 13.2 Å². The van der Waals surface area contributed by atoms with Crippen molar-refractivity contribution in [1.82, 2.24) is 4.72 Å². The SMILES string of the molecule is CC(C)(CCCO)CNS(=O)(=O)C(F)F. The molecule has 0 saturated heterocycles. The number of hydrogen-bond donors (Lipinski definition) is 2. The lowest BCUT2D eigenvalue weighted by atomic mass is 9.88. The van der Waals surface area contributed by atoms with E-state index in [1.54, 1.807) is 13.8 Å². The molecule has 0 amide bonds. The van der Waals surface area contributed by atoms with Crippen LogP contribution >= 0.6 is 0 Å². The third kappa shape index (κ3) is 6.01. The van der Waals surface area contributed by atoms with E-state index in [0.717, 1.165) is 0 Å². The topological polar surface area (TPSA) is 66.4 Å². The molecule has 0 aromatic heterocycles.